The van der Waals surface area contributed by atoms with Crippen LogP contribution in [-0.4, -0.2) is 36.4 Å². The fourth-order valence-electron chi connectivity index (χ4n) is 3.81. The summed E-state index contributed by atoms with van der Waals surface area (Å²) in [5.41, 5.74) is 6.45. The second-order valence-corrected chi connectivity index (χ2v) is 8.53. The summed E-state index contributed by atoms with van der Waals surface area (Å²) < 4.78 is 6.01. The van der Waals surface area contributed by atoms with Gasteiger partial charge in [0.05, 0.1) is 6.61 Å². The summed E-state index contributed by atoms with van der Waals surface area (Å²) in [6.45, 7) is 3.20. The van der Waals surface area contributed by atoms with Gasteiger partial charge in [0, 0.05) is 40.5 Å². The number of likely N-dealkylation sites (tertiary alicyclic amines) is 1. The Morgan fingerprint density at radius 1 is 1.21 bits per heavy atom. The maximum absolute atomic E-state index is 13.0. The van der Waals surface area contributed by atoms with E-state index in [0.717, 1.165) is 18.4 Å². The molecule has 1 heterocycles. The Kier molecular flexibility index (Phi) is 6.70. The number of ether oxygens (including phenoxy) is 1. The Morgan fingerprint density at radius 2 is 2.00 bits per heavy atom. The number of aryl methyl sites for hydroxylation is 1. The van der Waals surface area contributed by atoms with E-state index in [0.29, 0.717) is 34.4 Å². The number of primary amides is 1. The predicted octanol–water partition coefficient (Wildman–Crippen LogP) is 4.48. The molecule has 0 aliphatic carbocycles. The van der Waals surface area contributed by atoms with Gasteiger partial charge in [-0.3, -0.25) is 9.59 Å². The van der Waals surface area contributed by atoms with Gasteiger partial charge in [0.1, 0.15) is 5.75 Å². The number of hydrogen-bond donors (Lipinski definition) is 1. The molecule has 1 aliphatic heterocycles. The molecule has 154 valence electrons. The second-order valence-electron chi connectivity index (χ2n) is 7.68. The largest absolute Gasteiger partial charge is 0.493 e. The summed E-state index contributed by atoms with van der Waals surface area (Å²) >= 11 is 12.1. The number of halogens is 2. The van der Waals surface area contributed by atoms with E-state index in [4.69, 9.17) is 33.7 Å². The predicted molar refractivity (Wildman–Crippen MR) is 115 cm³/mol. The summed E-state index contributed by atoms with van der Waals surface area (Å²) in [4.78, 5) is 26.5. The number of hydrogen-bond acceptors (Lipinski definition) is 3. The lowest BCUT2D eigenvalue weighted by Crippen LogP contribution is -2.50. The van der Waals surface area contributed by atoms with Crippen molar-refractivity contribution in [1.29, 1.82) is 0 Å². The Morgan fingerprint density at radius 3 is 2.69 bits per heavy atom. The van der Waals surface area contributed by atoms with Gasteiger partial charge in [0.2, 0.25) is 5.91 Å². The topological polar surface area (TPSA) is 72.6 Å². The highest BCUT2D eigenvalue weighted by Crippen LogP contribution is 2.35. The lowest BCUT2D eigenvalue weighted by molar-refractivity contribution is -0.122. The van der Waals surface area contributed by atoms with Crippen LogP contribution in [0.25, 0.3) is 0 Å². The van der Waals surface area contributed by atoms with Gasteiger partial charge in [-0.1, -0.05) is 29.3 Å². The Balaban J connectivity index is 1.78. The quantitative estimate of drug-likeness (QED) is 0.727. The molecule has 0 bridgehead atoms. The number of nitrogens with two attached hydrogens (primary N) is 1. The summed E-state index contributed by atoms with van der Waals surface area (Å²) in [6.07, 6.45) is 1.67. The fraction of sp³-hybridized carbons (Fsp3) is 0.364. The maximum Gasteiger partial charge on any atom is 0.253 e. The van der Waals surface area contributed by atoms with E-state index in [9.17, 15) is 9.59 Å². The Labute approximate surface area is 180 Å². The highest BCUT2D eigenvalue weighted by Gasteiger charge is 2.39. The molecule has 2 N–H and O–H groups in total. The van der Waals surface area contributed by atoms with Crippen LogP contribution >= 0.6 is 23.2 Å². The summed E-state index contributed by atoms with van der Waals surface area (Å²) in [5, 5.41) is 1.18. The standard InChI is InChI=1S/C22H24Cl2N2O3/c1-15-10-18(6-7-19(15)24)29-14-22(12-20(25)27)8-3-9-26(13-22)21(28)16-4-2-5-17(23)11-16/h2,4-7,10-11H,3,8-9,12-14H2,1H3,(H2,25,27). The van der Waals surface area contributed by atoms with Gasteiger partial charge in [-0.25, -0.2) is 0 Å². The third-order valence-corrected chi connectivity index (χ3v) is 5.90. The van der Waals surface area contributed by atoms with Crippen LogP contribution in [0.1, 0.15) is 35.2 Å². The second kappa shape index (κ2) is 9.06. The molecule has 29 heavy (non-hydrogen) atoms. The zero-order valence-corrected chi connectivity index (χ0v) is 17.8. The third-order valence-electron chi connectivity index (χ3n) is 5.24. The van der Waals surface area contributed by atoms with Crippen LogP contribution in [0.3, 0.4) is 0 Å². The van der Waals surface area contributed by atoms with E-state index < -0.39 is 11.3 Å². The molecule has 7 heteroatoms. The molecule has 0 saturated carbocycles. The lowest BCUT2D eigenvalue weighted by Gasteiger charge is -2.42. The van der Waals surface area contributed by atoms with Crippen molar-refractivity contribution in [2.75, 3.05) is 19.7 Å². The highest BCUT2D eigenvalue weighted by molar-refractivity contribution is 6.31. The molecule has 0 radical (unpaired) electrons. The van der Waals surface area contributed by atoms with Crippen molar-refractivity contribution in [2.45, 2.75) is 26.2 Å². The molecule has 1 fully saturated rings. The number of carbonyl (C=O) groups excluding carboxylic acids is 2. The van der Waals surface area contributed by atoms with E-state index >= 15 is 0 Å². The first kappa shape index (κ1) is 21.5. The van der Waals surface area contributed by atoms with Crippen molar-refractivity contribution in [2.24, 2.45) is 11.1 Å². The number of carbonyl (C=O) groups is 2. The van der Waals surface area contributed by atoms with Crippen LogP contribution in [0.15, 0.2) is 42.5 Å². The lowest BCUT2D eigenvalue weighted by atomic mass is 9.77. The average Bonchev–Trinajstić information content (AvgIpc) is 2.68. The zero-order valence-electron chi connectivity index (χ0n) is 16.3. The van der Waals surface area contributed by atoms with Crippen LogP contribution in [0.2, 0.25) is 10.0 Å². The molecule has 0 spiro atoms. The number of rotatable bonds is 6. The zero-order chi connectivity index (χ0) is 21.0. The van der Waals surface area contributed by atoms with E-state index in [1.807, 2.05) is 13.0 Å². The molecule has 0 aromatic heterocycles. The maximum atomic E-state index is 13.0. The Hall–Kier alpha value is -2.24. The summed E-state index contributed by atoms with van der Waals surface area (Å²) in [5.74, 6) is 0.162. The van der Waals surface area contributed by atoms with Gasteiger partial charge in [-0.15, -0.1) is 0 Å². The fourth-order valence-corrected chi connectivity index (χ4v) is 4.12. The molecular weight excluding hydrogens is 411 g/mol. The number of benzene rings is 2. The third kappa shape index (κ3) is 5.43. The summed E-state index contributed by atoms with van der Waals surface area (Å²) in [6, 6.07) is 12.3. The minimum Gasteiger partial charge on any atom is -0.493 e. The first-order valence-corrected chi connectivity index (χ1v) is 10.3. The van der Waals surface area contributed by atoms with Gasteiger partial charge in [-0.05, 0) is 61.7 Å². The molecule has 2 aromatic rings. The molecule has 1 unspecified atom stereocenters. The van der Waals surface area contributed by atoms with Gasteiger partial charge >= 0.3 is 0 Å². The van der Waals surface area contributed by atoms with Crippen LogP contribution in [0.5, 0.6) is 5.75 Å². The minimum absolute atomic E-state index is 0.108. The molecule has 5 nitrogen and oxygen atoms in total. The van der Waals surface area contributed by atoms with Crippen LogP contribution in [-0.2, 0) is 4.79 Å². The van der Waals surface area contributed by atoms with E-state index in [-0.39, 0.29) is 18.9 Å². The van der Waals surface area contributed by atoms with Crippen molar-refractivity contribution >= 4 is 35.0 Å². The molecule has 2 aromatic carbocycles. The van der Waals surface area contributed by atoms with E-state index in [1.165, 1.54) is 0 Å². The SMILES string of the molecule is Cc1cc(OCC2(CC(N)=O)CCCN(C(=O)c3cccc(Cl)c3)C2)ccc1Cl. The molecular formula is C22H24Cl2N2O3. The number of amides is 2. The first-order chi connectivity index (χ1) is 13.8. The first-order valence-electron chi connectivity index (χ1n) is 9.50. The highest BCUT2D eigenvalue weighted by atomic mass is 35.5. The average molecular weight is 435 g/mol. The van der Waals surface area contributed by atoms with Crippen molar-refractivity contribution < 1.29 is 14.3 Å². The molecule has 1 aliphatic rings. The van der Waals surface area contributed by atoms with Crippen molar-refractivity contribution in [3.63, 3.8) is 0 Å². The Bertz CT molecular complexity index is 919. The normalized spacial score (nSPS) is 19.1. The monoisotopic (exact) mass is 434 g/mol. The van der Waals surface area contributed by atoms with Crippen molar-refractivity contribution in [1.82, 2.24) is 4.90 Å². The van der Waals surface area contributed by atoms with Crippen molar-refractivity contribution in [3.05, 3.63) is 63.6 Å². The smallest absolute Gasteiger partial charge is 0.253 e. The summed E-state index contributed by atoms with van der Waals surface area (Å²) in [7, 11) is 0. The number of piperidine rings is 1. The molecule has 2 amide bonds. The molecule has 3 rings (SSSR count). The van der Waals surface area contributed by atoms with Crippen molar-refractivity contribution in [3.8, 4) is 5.75 Å². The van der Waals surface area contributed by atoms with Gasteiger partial charge in [-0.2, -0.15) is 0 Å². The molecule has 1 saturated heterocycles. The van der Waals surface area contributed by atoms with Crippen LogP contribution in [0.4, 0.5) is 0 Å². The van der Waals surface area contributed by atoms with Crippen LogP contribution in [0, 0.1) is 12.3 Å². The van der Waals surface area contributed by atoms with E-state index in [1.54, 1.807) is 41.3 Å². The van der Waals surface area contributed by atoms with Gasteiger partial charge in [0.15, 0.2) is 0 Å². The molecule has 1 atom stereocenters. The van der Waals surface area contributed by atoms with Gasteiger partial charge < -0.3 is 15.4 Å². The van der Waals surface area contributed by atoms with Crippen LogP contribution < -0.4 is 10.5 Å². The minimum atomic E-state index is -0.536. The number of nitrogens with zero attached hydrogens (tertiary/aromatic N) is 1. The van der Waals surface area contributed by atoms with E-state index in [2.05, 4.69) is 0 Å². The van der Waals surface area contributed by atoms with Gasteiger partial charge in [0.25, 0.3) is 5.91 Å².